The fourth-order valence-corrected chi connectivity index (χ4v) is 1.71. The highest BCUT2D eigenvalue weighted by molar-refractivity contribution is 9.09. The van der Waals surface area contributed by atoms with Gasteiger partial charge in [-0.2, -0.15) is 0 Å². The summed E-state index contributed by atoms with van der Waals surface area (Å²) in [7, 11) is 0. The highest BCUT2D eigenvalue weighted by Gasteiger charge is 2.02. The first-order chi connectivity index (χ1) is 6.65. The summed E-state index contributed by atoms with van der Waals surface area (Å²) >= 11 is 9.21. The van der Waals surface area contributed by atoms with Gasteiger partial charge in [0.15, 0.2) is 0 Å². The molecule has 0 aliphatic rings. The zero-order valence-corrected chi connectivity index (χ0v) is 10.3. The van der Waals surface area contributed by atoms with E-state index in [4.69, 9.17) is 11.6 Å². The second kappa shape index (κ2) is 5.42. The van der Waals surface area contributed by atoms with Gasteiger partial charge in [-0.05, 0) is 31.0 Å². The maximum atomic E-state index is 9.70. The zero-order valence-electron chi connectivity index (χ0n) is 7.93. The number of allylic oxidation sites excluding steroid dienone is 1. The van der Waals surface area contributed by atoms with Gasteiger partial charge in [0, 0.05) is 15.9 Å². The quantitative estimate of drug-likeness (QED) is 0.822. The molecular formula is C11H12BrClO. The summed E-state index contributed by atoms with van der Waals surface area (Å²) in [5.74, 6) is 0.306. The second-order valence-electron chi connectivity index (χ2n) is 3.04. The number of hydrogen-bond donors (Lipinski definition) is 1. The highest BCUT2D eigenvalue weighted by atomic mass is 79.9. The van der Waals surface area contributed by atoms with E-state index in [1.165, 1.54) is 0 Å². The SMILES string of the molecule is Cc1cc(Cl)cc(C=CCCBr)c1O. The van der Waals surface area contributed by atoms with E-state index >= 15 is 0 Å². The van der Waals surface area contributed by atoms with Crippen LogP contribution in [0.4, 0.5) is 0 Å². The fourth-order valence-electron chi connectivity index (χ4n) is 1.16. The number of halogens is 2. The number of alkyl halides is 1. The number of phenolic OH excluding ortho intramolecular Hbond substituents is 1. The molecule has 0 heterocycles. The summed E-state index contributed by atoms with van der Waals surface area (Å²) < 4.78 is 0. The number of aromatic hydroxyl groups is 1. The molecule has 0 spiro atoms. The Balaban J connectivity index is 2.96. The van der Waals surface area contributed by atoms with E-state index in [1.54, 1.807) is 12.1 Å². The van der Waals surface area contributed by atoms with Gasteiger partial charge in [-0.1, -0.05) is 39.7 Å². The molecule has 0 saturated heterocycles. The normalized spacial score (nSPS) is 11.1. The summed E-state index contributed by atoms with van der Waals surface area (Å²) in [5.41, 5.74) is 1.58. The van der Waals surface area contributed by atoms with Crippen molar-refractivity contribution in [2.45, 2.75) is 13.3 Å². The Morgan fingerprint density at radius 3 is 2.86 bits per heavy atom. The minimum absolute atomic E-state index is 0.306. The van der Waals surface area contributed by atoms with Crippen LogP contribution in [0.5, 0.6) is 5.75 Å². The molecule has 1 aromatic rings. The molecule has 0 aromatic heterocycles. The first-order valence-corrected chi connectivity index (χ1v) is 5.86. The molecule has 0 radical (unpaired) electrons. The van der Waals surface area contributed by atoms with Crippen LogP contribution in [-0.4, -0.2) is 10.4 Å². The van der Waals surface area contributed by atoms with Gasteiger partial charge in [0.05, 0.1) is 0 Å². The van der Waals surface area contributed by atoms with Crippen LogP contribution in [0.3, 0.4) is 0 Å². The smallest absolute Gasteiger partial charge is 0.125 e. The lowest BCUT2D eigenvalue weighted by Crippen LogP contribution is -1.81. The van der Waals surface area contributed by atoms with Gasteiger partial charge in [0.1, 0.15) is 5.75 Å². The Kier molecular flexibility index (Phi) is 4.49. The number of rotatable bonds is 3. The summed E-state index contributed by atoms with van der Waals surface area (Å²) in [4.78, 5) is 0. The van der Waals surface area contributed by atoms with Gasteiger partial charge in [0.25, 0.3) is 0 Å². The third-order valence-electron chi connectivity index (χ3n) is 1.87. The van der Waals surface area contributed by atoms with Gasteiger partial charge in [-0.25, -0.2) is 0 Å². The molecule has 1 N–H and O–H groups in total. The molecule has 3 heteroatoms. The zero-order chi connectivity index (χ0) is 10.6. The van der Waals surface area contributed by atoms with Crippen molar-refractivity contribution in [3.8, 4) is 5.75 Å². The molecule has 1 rings (SSSR count). The van der Waals surface area contributed by atoms with Gasteiger partial charge in [0.2, 0.25) is 0 Å². The van der Waals surface area contributed by atoms with Crippen LogP contribution in [-0.2, 0) is 0 Å². The Morgan fingerprint density at radius 1 is 1.50 bits per heavy atom. The van der Waals surface area contributed by atoms with Gasteiger partial charge >= 0.3 is 0 Å². The largest absolute Gasteiger partial charge is 0.507 e. The molecule has 0 bridgehead atoms. The van der Waals surface area contributed by atoms with Crippen molar-refractivity contribution in [1.82, 2.24) is 0 Å². The Hall–Kier alpha value is -0.470. The van der Waals surface area contributed by atoms with Crippen molar-refractivity contribution in [2.75, 3.05) is 5.33 Å². The van der Waals surface area contributed by atoms with Crippen molar-refractivity contribution in [3.63, 3.8) is 0 Å². The summed E-state index contributed by atoms with van der Waals surface area (Å²) in [6.45, 7) is 1.84. The van der Waals surface area contributed by atoms with Crippen molar-refractivity contribution < 1.29 is 5.11 Å². The standard InChI is InChI=1S/C11H12BrClO/c1-8-6-10(13)7-9(11(8)14)4-2-3-5-12/h2,4,6-7,14H,3,5H2,1H3. The predicted molar refractivity (Wildman–Crippen MR) is 65.3 cm³/mol. The van der Waals surface area contributed by atoms with E-state index in [1.807, 2.05) is 19.1 Å². The molecule has 0 atom stereocenters. The molecule has 0 aliphatic heterocycles. The Bertz CT molecular complexity index is 347. The van der Waals surface area contributed by atoms with Crippen molar-refractivity contribution in [1.29, 1.82) is 0 Å². The maximum Gasteiger partial charge on any atom is 0.125 e. The van der Waals surface area contributed by atoms with Crippen molar-refractivity contribution in [2.24, 2.45) is 0 Å². The molecule has 0 aliphatic carbocycles. The molecule has 0 saturated carbocycles. The minimum atomic E-state index is 0.306. The summed E-state index contributed by atoms with van der Waals surface area (Å²) in [5, 5.41) is 11.3. The number of benzene rings is 1. The van der Waals surface area contributed by atoms with Gasteiger partial charge in [-0.15, -0.1) is 0 Å². The van der Waals surface area contributed by atoms with E-state index in [-0.39, 0.29) is 0 Å². The third-order valence-corrected chi connectivity index (χ3v) is 2.54. The van der Waals surface area contributed by atoms with Gasteiger partial charge in [-0.3, -0.25) is 0 Å². The number of aryl methyl sites for hydroxylation is 1. The first-order valence-electron chi connectivity index (χ1n) is 4.36. The van der Waals surface area contributed by atoms with E-state index < -0.39 is 0 Å². The van der Waals surface area contributed by atoms with Crippen LogP contribution in [0.15, 0.2) is 18.2 Å². The Morgan fingerprint density at radius 2 is 2.21 bits per heavy atom. The fraction of sp³-hybridized carbons (Fsp3) is 0.273. The molecule has 0 amide bonds. The first kappa shape index (κ1) is 11.6. The topological polar surface area (TPSA) is 20.2 Å². The van der Waals surface area contributed by atoms with E-state index in [0.29, 0.717) is 10.8 Å². The third kappa shape index (κ3) is 3.03. The minimum Gasteiger partial charge on any atom is -0.507 e. The van der Waals surface area contributed by atoms with Crippen LogP contribution >= 0.6 is 27.5 Å². The second-order valence-corrected chi connectivity index (χ2v) is 4.27. The van der Waals surface area contributed by atoms with Crippen LogP contribution in [0.1, 0.15) is 17.5 Å². The molecular weight excluding hydrogens is 263 g/mol. The lowest BCUT2D eigenvalue weighted by molar-refractivity contribution is 0.470. The van der Waals surface area contributed by atoms with Crippen LogP contribution < -0.4 is 0 Å². The maximum absolute atomic E-state index is 9.70. The Labute approximate surface area is 97.5 Å². The summed E-state index contributed by atoms with van der Waals surface area (Å²) in [6, 6.07) is 3.51. The molecule has 1 aromatic carbocycles. The van der Waals surface area contributed by atoms with Crippen LogP contribution in [0.25, 0.3) is 6.08 Å². The lowest BCUT2D eigenvalue weighted by atomic mass is 10.1. The molecule has 1 nitrogen and oxygen atoms in total. The monoisotopic (exact) mass is 274 g/mol. The average Bonchev–Trinajstić information content (AvgIpc) is 2.13. The molecule has 0 fully saturated rings. The van der Waals surface area contributed by atoms with Crippen molar-refractivity contribution >= 4 is 33.6 Å². The average molecular weight is 276 g/mol. The number of phenols is 1. The van der Waals surface area contributed by atoms with Gasteiger partial charge < -0.3 is 5.11 Å². The molecule has 14 heavy (non-hydrogen) atoms. The molecule has 76 valence electrons. The van der Waals surface area contributed by atoms with Crippen molar-refractivity contribution in [3.05, 3.63) is 34.4 Å². The molecule has 0 unspecified atom stereocenters. The number of hydrogen-bond acceptors (Lipinski definition) is 1. The summed E-state index contributed by atoms with van der Waals surface area (Å²) in [6.07, 6.45) is 4.82. The van der Waals surface area contributed by atoms with Crippen LogP contribution in [0, 0.1) is 6.92 Å². The van der Waals surface area contributed by atoms with Crippen LogP contribution in [0.2, 0.25) is 5.02 Å². The van der Waals surface area contributed by atoms with E-state index in [2.05, 4.69) is 15.9 Å². The predicted octanol–water partition coefficient (Wildman–Crippen LogP) is 4.15. The van der Waals surface area contributed by atoms with E-state index in [9.17, 15) is 5.11 Å². The highest BCUT2D eigenvalue weighted by Crippen LogP contribution is 2.27. The van der Waals surface area contributed by atoms with E-state index in [0.717, 1.165) is 22.9 Å². The lowest BCUT2D eigenvalue weighted by Gasteiger charge is -2.03.